The Labute approximate surface area is 116 Å². The second-order valence-corrected chi connectivity index (χ2v) is 5.58. The van der Waals surface area contributed by atoms with Crippen molar-refractivity contribution in [3.05, 3.63) is 16.4 Å². The molecule has 0 bridgehead atoms. The van der Waals surface area contributed by atoms with Gasteiger partial charge >= 0.3 is 0 Å². The van der Waals surface area contributed by atoms with E-state index in [1.165, 1.54) is 0 Å². The van der Waals surface area contributed by atoms with Crippen molar-refractivity contribution in [1.29, 1.82) is 0 Å². The van der Waals surface area contributed by atoms with Gasteiger partial charge in [0.2, 0.25) is 0 Å². The van der Waals surface area contributed by atoms with Crippen molar-refractivity contribution < 1.29 is 9.47 Å². The van der Waals surface area contributed by atoms with E-state index >= 15 is 0 Å². The summed E-state index contributed by atoms with van der Waals surface area (Å²) in [6.07, 6.45) is 2.92. The maximum absolute atomic E-state index is 6.35. The molecule has 0 amide bonds. The first kappa shape index (κ1) is 14.0. The summed E-state index contributed by atoms with van der Waals surface area (Å²) >= 11 is 3.52. The Kier molecular flexibility index (Phi) is 4.77. The molecule has 18 heavy (non-hydrogen) atoms. The van der Waals surface area contributed by atoms with Gasteiger partial charge in [0.25, 0.3) is 0 Å². The van der Waals surface area contributed by atoms with Crippen molar-refractivity contribution in [2.45, 2.75) is 32.0 Å². The summed E-state index contributed by atoms with van der Waals surface area (Å²) in [5.41, 5.74) is 7.34. The minimum absolute atomic E-state index is 0.0688. The number of methoxy groups -OCH3 is 1. The highest BCUT2D eigenvalue weighted by Gasteiger charge is 2.33. The van der Waals surface area contributed by atoms with Crippen molar-refractivity contribution in [3.63, 3.8) is 0 Å². The molecule has 102 valence electrons. The molecule has 3 unspecified atom stereocenters. The van der Waals surface area contributed by atoms with Gasteiger partial charge in [0.05, 0.1) is 41.7 Å². The predicted octanol–water partition coefficient (Wildman–Crippen LogP) is 1.72. The zero-order valence-corrected chi connectivity index (χ0v) is 12.4. The van der Waals surface area contributed by atoms with Crippen molar-refractivity contribution in [3.8, 4) is 0 Å². The molecule has 0 aromatic carbocycles. The van der Waals surface area contributed by atoms with E-state index in [1.54, 1.807) is 13.3 Å². The molecule has 1 saturated heterocycles. The normalized spacial score (nSPS) is 25.6. The van der Waals surface area contributed by atoms with Gasteiger partial charge in [0, 0.05) is 13.7 Å². The van der Waals surface area contributed by atoms with E-state index in [2.05, 4.69) is 28.0 Å². The van der Waals surface area contributed by atoms with E-state index in [0.717, 1.165) is 23.2 Å². The first-order valence-corrected chi connectivity index (χ1v) is 7.01. The third kappa shape index (κ3) is 2.77. The largest absolute Gasteiger partial charge is 0.383 e. The number of hydrogen-bond donors (Lipinski definition) is 1. The first-order chi connectivity index (χ1) is 8.65. The number of nitrogens with two attached hydrogens (primary N) is 1. The third-order valence-electron chi connectivity index (χ3n) is 3.45. The average Bonchev–Trinajstić information content (AvgIpc) is 2.92. The van der Waals surface area contributed by atoms with Crippen LogP contribution in [0.3, 0.4) is 0 Å². The van der Waals surface area contributed by atoms with Crippen LogP contribution in [0.5, 0.6) is 0 Å². The summed E-state index contributed by atoms with van der Waals surface area (Å²) in [5, 5.41) is 4.32. The van der Waals surface area contributed by atoms with Gasteiger partial charge in [-0.25, -0.2) is 0 Å². The van der Waals surface area contributed by atoms with E-state index in [-0.39, 0.29) is 12.1 Å². The summed E-state index contributed by atoms with van der Waals surface area (Å²) in [6.45, 7) is 4.30. The fourth-order valence-electron chi connectivity index (χ4n) is 2.39. The molecule has 6 heteroatoms. The van der Waals surface area contributed by atoms with Crippen LogP contribution in [0.15, 0.2) is 10.7 Å². The fourth-order valence-corrected chi connectivity index (χ4v) is 2.95. The van der Waals surface area contributed by atoms with Crippen molar-refractivity contribution in [2.75, 3.05) is 20.3 Å². The number of hydrogen-bond acceptors (Lipinski definition) is 4. The molecule has 1 fully saturated rings. The Bertz CT molecular complexity index is 397. The standard InChI is InChI=1S/C12H20BrN3O2/c1-8-3-5-18-12(8)10(14)11-9(13)7-15-16(11)4-6-17-2/h7-8,10,12H,3-6,14H2,1-2H3. The summed E-state index contributed by atoms with van der Waals surface area (Å²) in [5.74, 6) is 0.484. The van der Waals surface area contributed by atoms with Crippen molar-refractivity contribution in [2.24, 2.45) is 11.7 Å². The van der Waals surface area contributed by atoms with Gasteiger partial charge in [-0.1, -0.05) is 6.92 Å². The molecule has 1 aromatic heterocycles. The second kappa shape index (κ2) is 6.14. The average molecular weight is 318 g/mol. The first-order valence-electron chi connectivity index (χ1n) is 6.22. The SMILES string of the molecule is COCCn1ncc(Br)c1C(N)C1OCCC1C. The number of ether oxygens (including phenoxy) is 2. The summed E-state index contributed by atoms with van der Waals surface area (Å²) < 4.78 is 13.7. The molecule has 0 spiro atoms. The molecule has 2 N–H and O–H groups in total. The van der Waals surface area contributed by atoms with Crippen LogP contribution < -0.4 is 5.73 Å². The van der Waals surface area contributed by atoms with Crippen LogP contribution in [0.25, 0.3) is 0 Å². The van der Waals surface area contributed by atoms with Crippen LogP contribution in [0, 0.1) is 5.92 Å². The second-order valence-electron chi connectivity index (χ2n) is 4.72. The molecule has 3 atom stereocenters. The topological polar surface area (TPSA) is 62.3 Å². The van der Waals surface area contributed by atoms with Crippen LogP contribution in [-0.4, -0.2) is 36.2 Å². The van der Waals surface area contributed by atoms with Crippen LogP contribution in [0.1, 0.15) is 25.1 Å². The lowest BCUT2D eigenvalue weighted by atomic mass is 9.96. The van der Waals surface area contributed by atoms with Gasteiger partial charge in [-0.15, -0.1) is 0 Å². The van der Waals surface area contributed by atoms with Gasteiger partial charge in [-0.3, -0.25) is 4.68 Å². The van der Waals surface area contributed by atoms with E-state index in [9.17, 15) is 0 Å². The van der Waals surface area contributed by atoms with Crippen LogP contribution in [0.2, 0.25) is 0 Å². The Morgan fingerprint density at radius 2 is 2.50 bits per heavy atom. The van der Waals surface area contributed by atoms with E-state index in [0.29, 0.717) is 19.1 Å². The third-order valence-corrected chi connectivity index (χ3v) is 4.07. The quantitative estimate of drug-likeness (QED) is 0.898. The lowest BCUT2D eigenvalue weighted by Crippen LogP contribution is -2.32. The Hall–Kier alpha value is -0.430. The molecular weight excluding hydrogens is 298 g/mol. The Balaban J connectivity index is 2.17. The van der Waals surface area contributed by atoms with Gasteiger partial charge in [-0.05, 0) is 28.3 Å². The zero-order valence-electron chi connectivity index (χ0n) is 10.8. The summed E-state index contributed by atoms with van der Waals surface area (Å²) in [6, 6.07) is -0.156. The Morgan fingerprint density at radius 3 is 3.11 bits per heavy atom. The fraction of sp³-hybridized carbons (Fsp3) is 0.750. The van der Waals surface area contributed by atoms with Crippen LogP contribution in [0.4, 0.5) is 0 Å². The maximum Gasteiger partial charge on any atom is 0.0809 e. The molecule has 1 aliphatic heterocycles. The molecular formula is C12H20BrN3O2. The lowest BCUT2D eigenvalue weighted by molar-refractivity contribution is 0.0691. The molecule has 0 aliphatic carbocycles. The van der Waals surface area contributed by atoms with Crippen molar-refractivity contribution in [1.82, 2.24) is 9.78 Å². The number of nitrogens with zero attached hydrogens (tertiary/aromatic N) is 2. The van der Waals surface area contributed by atoms with Gasteiger partial charge < -0.3 is 15.2 Å². The molecule has 0 saturated carbocycles. The number of halogens is 1. The Morgan fingerprint density at radius 1 is 1.72 bits per heavy atom. The smallest absolute Gasteiger partial charge is 0.0809 e. The lowest BCUT2D eigenvalue weighted by Gasteiger charge is -2.23. The van der Waals surface area contributed by atoms with Crippen LogP contribution >= 0.6 is 15.9 Å². The van der Waals surface area contributed by atoms with Gasteiger partial charge in [0.1, 0.15) is 0 Å². The molecule has 2 rings (SSSR count). The summed E-state index contributed by atoms with van der Waals surface area (Å²) in [4.78, 5) is 0. The molecule has 1 aromatic rings. The summed E-state index contributed by atoms with van der Waals surface area (Å²) in [7, 11) is 1.68. The highest BCUT2D eigenvalue weighted by atomic mass is 79.9. The van der Waals surface area contributed by atoms with E-state index < -0.39 is 0 Å². The van der Waals surface area contributed by atoms with Crippen molar-refractivity contribution >= 4 is 15.9 Å². The minimum atomic E-state index is -0.156. The highest BCUT2D eigenvalue weighted by molar-refractivity contribution is 9.10. The number of aromatic nitrogens is 2. The minimum Gasteiger partial charge on any atom is -0.383 e. The van der Waals surface area contributed by atoms with Gasteiger partial charge in [0.15, 0.2) is 0 Å². The van der Waals surface area contributed by atoms with Gasteiger partial charge in [-0.2, -0.15) is 5.10 Å². The maximum atomic E-state index is 6.35. The molecule has 0 radical (unpaired) electrons. The zero-order chi connectivity index (χ0) is 13.1. The van der Waals surface area contributed by atoms with Crippen LogP contribution in [-0.2, 0) is 16.0 Å². The van der Waals surface area contributed by atoms with E-state index in [1.807, 2.05) is 4.68 Å². The molecule has 2 heterocycles. The number of rotatable bonds is 5. The predicted molar refractivity (Wildman–Crippen MR) is 72.3 cm³/mol. The van der Waals surface area contributed by atoms with E-state index in [4.69, 9.17) is 15.2 Å². The molecule has 5 nitrogen and oxygen atoms in total. The molecule has 1 aliphatic rings. The highest BCUT2D eigenvalue weighted by Crippen LogP contribution is 2.32. The monoisotopic (exact) mass is 317 g/mol.